The third-order valence-electron chi connectivity index (χ3n) is 4.01. The second-order valence-electron chi connectivity index (χ2n) is 5.78. The van der Waals surface area contributed by atoms with E-state index in [2.05, 4.69) is 10.3 Å². The van der Waals surface area contributed by atoms with Gasteiger partial charge in [-0.1, -0.05) is 0 Å². The Hall–Kier alpha value is -1.64. The number of aliphatic imine (C=N–C) groups is 1. The molecule has 3 heterocycles. The Labute approximate surface area is 167 Å². The Morgan fingerprint density at radius 1 is 1.30 bits per heavy atom. The van der Waals surface area contributed by atoms with Crippen molar-refractivity contribution in [3.8, 4) is 6.07 Å². The first-order chi connectivity index (χ1) is 13.1. The highest BCUT2D eigenvalue weighted by molar-refractivity contribution is 8.00. The van der Waals surface area contributed by atoms with Gasteiger partial charge in [-0.2, -0.15) is 5.26 Å². The minimum Gasteiger partial charge on any atom is -0.544 e. The number of hydrogen-bond donors (Lipinski definition) is 1. The van der Waals surface area contributed by atoms with Gasteiger partial charge in [-0.15, -0.1) is 23.1 Å². The van der Waals surface area contributed by atoms with Gasteiger partial charge in [0.05, 0.1) is 54.6 Å². The van der Waals surface area contributed by atoms with Crippen LogP contribution in [0.2, 0.25) is 0 Å². The maximum atomic E-state index is 11.3. The number of nitrogens with zero attached hydrogens (tertiary/aromatic N) is 3. The summed E-state index contributed by atoms with van der Waals surface area (Å²) in [7, 11) is 0. The Morgan fingerprint density at radius 2 is 1.93 bits per heavy atom. The van der Waals surface area contributed by atoms with Crippen molar-refractivity contribution in [1.82, 2.24) is 4.90 Å². The number of carboxylic acid groups (broad SMARTS) is 1. The van der Waals surface area contributed by atoms with Crippen molar-refractivity contribution in [1.29, 1.82) is 5.26 Å². The van der Waals surface area contributed by atoms with Crippen molar-refractivity contribution in [2.24, 2.45) is 4.99 Å². The van der Waals surface area contributed by atoms with Crippen LogP contribution in [0.5, 0.6) is 0 Å². The molecule has 0 spiro atoms. The molecule has 8 nitrogen and oxygen atoms in total. The molecule has 148 valence electrons. The van der Waals surface area contributed by atoms with Crippen molar-refractivity contribution < 1.29 is 24.7 Å². The van der Waals surface area contributed by atoms with Crippen LogP contribution in [0.1, 0.15) is 22.2 Å². The third kappa shape index (κ3) is 6.19. The summed E-state index contributed by atoms with van der Waals surface area (Å²) in [5.41, 5.74) is 0.509. The summed E-state index contributed by atoms with van der Waals surface area (Å²) in [5, 5.41) is 22.8. The van der Waals surface area contributed by atoms with Crippen LogP contribution in [-0.4, -0.2) is 75.6 Å². The summed E-state index contributed by atoms with van der Waals surface area (Å²) in [6.07, 6.45) is 1.80. The highest BCUT2D eigenvalue weighted by Gasteiger charge is 2.20. The molecule has 2 aliphatic rings. The smallest absolute Gasteiger partial charge is 0.104 e. The van der Waals surface area contributed by atoms with Crippen LogP contribution in [0.4, 0.5) is 5.69 Å². The molecule has 0 saturated carbocycles. The number of carboxylic acids is 1. The lowest BCUT2D eigenvalue weighted by Gasteiger charge is -2.28. The van der Waals surface area contributed by atoms with Gasteiger partial charge in [-0.05, 0) is 13.2 Å². The van der Waals surface area contributed by atoms with Crippen molar-refractivity contribution in [3.05, 3.63) is 10.4 Å². The van der Waals surface area contributed by atoms with Crippen molar-refractivity contribution in [2.45, 2.75) is 11.1 Å². The maximum absolute atomic E-state index is 11.3. The molecule has 27 heavy (non-hydrogen) atoms. The first-order valence-electron chi connectivity index (χ1n) is 8.68. The SMILES string of the molecule is C1COCC[NH2+]1.CSc1sc(C(=O)[O-])c(N=C(C)N2CCOCC2)c1C#N. The number of nitrogens with two attached hydrogens (primary N) is 1. The number of amidine groups is 1. The number of quaternary nitrogens is 1. The molecule has 1 aromatic heterocycles. The van der Waals surface area contributed by atoms with Gasteiger partial charge in [-0.3, -0.25) is 0 Å². The van der Waals surface area contributed by atoms with E-state index in [0.29, 0.717) is 41.9 Å². The zero-order valence-corrected chi connectivity index (χ0v) is 17.2. The molecule has 3 rings (SSSR count). The van der Waals surface area contributed by atoms with E-state index in [-0.39, 0.29) is 10.6 Å². The van der Waals surface area contributed by atoms with E-state index in [1.807, 2.05) is 17.9 Å². The zero-order chi connectivity index (χ0) is 19.6. The molecule has 0 aromatic carbocycles. The highest BCUT2D eigenvalue weighted by Crippen LogP contribution is 2.40. The average molecular weight is 413 g/mol. The number of rotatable bonds is 3. The lowest BCUT2D eigenvalue weighted by molar-refractivity contribution is -0.670. The minimum absolute atomic E-state index is 0.00325. The fraction of sp³-hybridized carbons (Fsp3) is 0.588. The lowest BCUT2D eigenvalue weighted by atomic mass is 10.2. The Bertz CT molecular complexity index is 693. The number of thiophene rings is 1. The van der Waals surface area contributed by atoms with E-state index >= 15 is 0 Å². The quantitative estimate of drug-likeness (QED) is 0.411. The van der Waals surface area contributed by atoms with Gasteiger partial charge in [0, 0.05) is 13.1 Å². The molecule has 2 fully saturated rings. The molecule has 10 heteroatoms. The van der Waals surface area contributed by atoms with Crippen molar-refractivity contribution in [3.63, 3.8) is 0 Å². The van der Waals surface area contributed by atoms with E-state index in [0.717, 1.165) is 37.6 Å². The molecule has 0 aliphatic carbocycles. The zero-order valence-electron chi connectivity index (χ0n) is 15.5. The van der Waals surface area contributed by atoms with Crippen LogP contribution in [0.15, 0.2) is 9.20 Å². The summed E-state index contributed by atoms with van der Waals surface area (Å²) < 4.78 is 11.0. The van der Waals surface area contributed by atoms with E-state index in [1.54, 1.807) is 6.26 Å². The molecule has 0 atom stereocenters. The molecule has 0 amide bonds. The number of carbonyl (C=O) groups is 1. The predicted molar refractivity (Wildman–Crippen MR) is 103 cm³/mol. The number of hydrogen-bond acceptors (Lipinski definition) is 8. The molecular weight excluding hydrogens is 388 g/mol. The molecule has 0 unspecified atom stereocenters. The summed E-state index contributed by atoms with van der Waals surface area (Å²) >= 11 is 2.37. The van der Waals surface area contributed by atoms with Crippen LogP contribution < -0.4 is 10.4 Å². The molecule has 2 N–H and O–H groups in total. The first-order valence-corrected chi connectivity index (χ1v) is 10.7. The van der Waals surface area contributed by atoms with Crippen LogP contribution in [-0.2, 0) is 9.47 Å². The fourth-order valence-corrected chi connectivity index (χ4v) is 4.28. The second-order valence-corrected chi connectivity index (χ2v) is 7.88. The van der Waals surface area contributed by atoms with Gasteiger partial charge in [0.2, 0.25) is 0 Å². The van der Waals surface area contributed by atoms with Crippen LogP contribution in [0, 0.1) is 11.3 Å². The van der Waals surface area contributed by atoms with Crippen LogP contribution in [0.3, 0.4) is 0 Å². The van der Waals surface area contributed by atoms with Gasteiger partial charge in [0.1, 0.15) is 23.2 Å². The Balaban J connectivity index is 0.000000369. The Kier molecular flexibility index (Phi) is 9.03. The molecule has 0 bridgehead atoms. The average Bonchev–Trinajstić information content (AvgIpc) is 3.08. The highest BCUT2D eigenvalue weighted by atomic mass is 32.2. The Morgan fingerprint density at radius 3 is 2.37 bits per heavy atom. The number of thioether (sulfide) groups is 1. The largest absolute Gasteiger partial charge is 0.544 e. The molecule has 2 saturated heterocycles. The number of ether oxygens (including phenoxy) is 2. The maximum Gasteiger partial charge on any atom is 0.104 e. The van der Waals surface area contributed by atoms with E-state index < -0.39 is 5.97 Å². The normalized spacial score (nSPS) is 17.7. The molecule has 2 aliphatic heterocycles. The summed E-state index contributed by atoms with van der Waals surface area (Å²) in [5.74, 6) is -0.618. The minimum atomic E-state index is -1.30. The van der Waals surface area contributed by atoms with Crippen molar-refractivity contribution >= 4 is 40.6 Å². The number of morpholine rings is 2. The number of aromatic carboxylic acids is 1. The lowest BCUT2D eigenvalue weighted by Crippen LogP contribution is -2.87. The standard InChI is InChI=1S/C13H15N3O3S2.C4H9NO/c1-8(16-3-5-19-6-4-16)15-10-9(7-14)13(20-2)21-11(10)12(17)18;1-3-6-4-2-5-1/h3-6H2,1-2H3,(H,17,18);5H,1-4H2. The molecule has 0 radical (unpaired) electrons. The number of nitriles is 1. The topological polar surface area (TPSA) is 115 Å². The van der Waals surface area contributed by atoms with Gasteiger partial charge in [-0.25, -0.2) is 4.99 Å². The van der Waals surface area contributed by atoms with Gasteiger partial charge >= 0.3 is 0 Å². The van der Waals surface area contributed by atoms with Crippen LogP contribution >= 0.6 is 23.1 Å². The predicted octanol–water partition coefficient (Wildman–Crippen LogP) is -0.333. The second kappa shape index (κ2) is 11.3. The monoisotopic (exact) mass is 412 g/mol. The van der Waals surface area contributed by atoms with E-state index in [1.165, 1.54) is 11.8 Å². The van der Waals surface area contributed by atoms with Crippen LogP contribution in [0.25, 0.3) is 0 Å². The fourth-order valence-electron chi connectivity index (χ4n) is 2.59. The summed E-state index contributed by atoms with van der Waals surface area (Å²) in [6, 6.07) is 2.05. The van der Waals surface area contributed by atoms with Crippen molar-refractivity contribution in [2.75, 3.05) is 58.9 Å². The summed E-state index contributed by atoms with van der Waals surface area (Å²) in [6.45, 7) is 8.65. The third-order valence-corrected chi connectivity index (χ3v) is 6.29. The first kappa shape index (κ1) is 21.7. The van der Waals surface area contributed by atoms with Gasteiger partial charge < -0.3 is 29.6 Å². The van der Waals surface area contributed by atoms with E-state index in [9.17, 15) is 15.2 Å². The number of carbonyl (C=O) groups excluding carboxylic acids is 1. The van der Waals surface area contributed by atoms with Gasteiger partial charge in [0.15, 0.2) is 0 Å². The van der Waals surface area contributed by atoms with Gasteiger partial charge in [0.25, 0.3) is 0 Å². The van der Waals surface area contributed by atoms with E-state index in [4.69, 9.17) is 9.47 Å². The summed E-state index contributed by atoms with van der Waals surface area (Å²) in [4.78, 5) is 17.7. The molecule has 1 aromatic rings. The molecular formula is C17H24N4O4S2.